The van der Waals surface area contributed by atoms with Gasteiger partial charge in [0, 0.05) is 23.7 Å². The van der Waals surface area contributed by atoms with Crippen molar-refractivity contribution in [1.82, 2.24) is 4.90 Å². The Morgan fingerprint density at radius 2 is 2.00 bits per heavy atom. The fourth-order valence-corrected chi connectivity index (χ4v) is 2.48. The molecule has 1 aliphatic heterocycles. The van der Waals surface area contributed by atoms with Crippen molar-refractivity contribution in [3.63, 3.8) is 0 Å². The second-order valence-corrected chi connectivity index (χ2v) is 5.41. The Hall–Kier alpha value is -1.33. The third-order valence-corrected chi connectivity index (χ3v) is 3.59. The molecule has 0 aromatic heterocycles. The highest BCUT2D eigenvalue weighted by atomic mass is 35.5. The van der Waals surface area contributed by atoms with Gasteiger partial charge in [-0.15, -0.1) is 0 Å². The number of carbonyl (C=O) groups is 1. The molecule has 0 radical (unpaired) electrons. The van der Waals surface area contributed by atoms with Crippen LogP contribution >= 0.6 is 23.8 Å². The van der Waals surface area contributed by atoms with Crippen LogP contribution in [0.25, 0.3) is 0 Å². The zero-order chi connectivity index (χ0) is 13.8. The van der Waals surface area contributed by atoms with Crippen molar-refractivity contribution < 1.29 is 4.79 Å². The average molecular weight is 298 g/mol. The Morgan fingerprint density at radius 1 is 1.32 bits per heavy atom. The molecule has 0 bridgehead atoms. The third kappa shape index (κ3) is 3.58. The minimum absolute atomic E-state index is 0.125. The maximum Gasteiger partial charge on any atom is 0.321 e. The van der Waals surface area contributed by atoms with E-state index in [1.54, 1.807) is 23.1 Å². The molecule has 1 fully saturated rings. The lowest BCUT2D eigenvalue weighted by molar-refractivity contribution is 0.200. The number of hydrogen-bond acceptors (Lipinski definition) is 2. The molecule has 4 nitrogen and oxygen atoms in total. The summed E-state index contributed by atoms with van der Waals surface area (Å²) in [4.78, 5) is 14.2. The number of nitrogens with one attached hydrogen (secondary N) is 1. The van der Waals surface area contributed by atoms with Gasteiger partial charge in [-0.1, -0.05) is 23.8 Å². The molecule has 0 saturated carbocycles. The van der Waals surface area contributed by atoms with Crippen LogP contribution in [0.5, 0.6) is 0 Å². The number of benzene rings is 1. The SMILES string of the molecule is NC(=S)c1ccc(Cl)cc1NC(=O)N1CCCCC1. The van der Waals surface area contributed by atoms with Gasteiger partial charge in [0.15, 0.2) is 0 Å². The summed E-state index contributed by atoms with van der Waals surface area (Å²) in [5.41, 5.74) is 6.84. The minimum atomic E-state index is -0.125. The first kappa shape index (κ1) is 14.1. The van der Waals surface area contributed by atoms with Gasteiger partial charge in [0.05, 0.1) is 5.69 Å². The number of amides is 2. The maximum atomic E-state index is 12.1. The van der Waals surface area contributed by atoms with Crippen LogP contribution in [0, 0.1) is 0 Å². The molecule has 6 heteroatoms. The number of anilines is 1. The van der Waals surface area contributed by atoms with Crippen LogP contribution in [0.3, 0.4) is 0 Å². The quantitative estimate of drug-likeness (QED) is 0.825. The van der Waals surface area contributed by atoms with Crippen LogP contribution in [-0.2, 0) is 0 Å². The molecule has 2 amide bonds. The van der Waals surface area contributed by atoms with Crippen molar-refractivity contribution in [2.24, 2.45) is 5.73 Å². The van der Waals surface area contributed by atoms with E-state index in [0.29, 0.717) is 16.3 Å². The third-order valence-electron chi connectivity index (χ3n) is 3.13. The molecule has 2 rings (SSSR count). The Labute approximate surface area is 122 Å². The van der Waals surface area contributed by atoms with Crippen molar-refractivity contribution in [1.29, 1.82) is 0 Å². The van der Waals surface area contributed by atoms with E-state index in [2.05, 4.69) is 5.32 Å². The van der Waals surface area contributed by atoms with E-state index >= 15 is 0 Å². The van der Waals surface area contributed by atoms with Gasteiger partial charge in [-0.2, -0.15) is 0 Å². The van der Waals surface area contributed by atoms with Gasteiger partial charge in [0.1, 0.15) is 4.99 Å². The normalized spacial score (nSPS) is 15.1. The van der Waals surface area contributed by atoms with E-state index in [9.17, 15) is 4.79 Å². The van der Waals surface area contributed by atoms with E-state index in [0.717, 1.165) is 25.9 Å². The number of urea groups is 1. The van der Waals surface area contributed by atoms with Gasteiger partial charge >= 0.3 is 6.03 Å². The molecule has 19 heavy (non-hydrogen) atoms. The summed E-state index contributed by atoms with van der Waals surface area (Å²) in [6, 6.07) is 4.96. The Bertz CT molecular complexity index is 501. The van der Waals surface area contributed by atoms with E-state index < -0.39 is 0 Å². The molecule has 1 heterocycles. The smallest absolute Gasteiger partial charge is 0.321 e. The molecule has 3 N–H and O–H groups in total. The average Bonchev–Trinajstić information content (AvgIpc) is 2.39. The van der Waals surface area contributed by atoms with Crippen LogP contribution in [0.1, 0.15) is 24.8 Å². The highest BCUT2D eigenvalue weighted by Gasteiger charge is 2.18. The summed E-state index contributed by atoms with van der Waals surface area (Å²) in [7, 11) is 0. The summed E-state index contributed by atoms with van der Waals surface area (Å²) in [6.45, 7) is 1.57. The molecule has 0 aliphatic carbocycles. The van der Waals surface area contributed by atoms with Crippen molar-refractivity contribution in [3.8, 4) is 0 Å². The molecular formula is C13H16ClN3OS. The highest BCUT2D eigenvalue weighted by Crippen LogP contribution is 2.22. The first-order chi connectivity index (χ1) is 9.08. The standard InChI is InChI=1S/C13H16ClN3OS/c14-9-4-5-10(12(15)19)11(8-9)16-13(18)17-6-2-1-3-7-17/h4-5,8H,1-3,6-7H2,(H2,15,19)(H,16,18). The Balaban J connectivity index is 2.15. The second kappa shape index (κ2) is 6.21. The number of nitrogens with two attached hydrogens (primary N) is 1. The van der Waals surface area contributed by atoms with Crippen molar-refractivity contribution in [2.75, 3.05) is 18.4 Å². The lowest BCUT2D eigenvalue weighted by atomic mass is 10.1. The topological polar surface area (TPSA) is 58.4 Å². The highest BCUT2D eigenvalue weighted by molar-refractivity contribution is 7.80. The van der Waals surface area contributed by atoms with Crippen LogP contribution in [0.4, 0.5) is 10.5 Å². The van der Waals surface area contributed by atoms with Gasteiger partial charge in [-0.05, 0) is 37.5 Å². The summed E-state index contributed by atoms with van der Waals surface area (Å²) >= 11 is 10.9. The molecule has 0 atom stereocenters. The van der Waals surface area contributed by atoms with Crippen LogP contribution in [0.2, 0.25) is 5.02 Å². The molecule has 1 aromatic rings. The predicted molar refractivity (Wildman–Crippen MR) is 81.8 cm³/mol. The number of likely N-dealkylation sites (tertiary alicyclic amines) is 1. The van der Waals surface area contributed by atoms with Gasteiger partial charge in [-0.3, -0.25) is 0 Å². The second-order valence-electron chi connectivity index (χ2n) is 4.53. The zero-order valence-electron chi connectivity index (χ0n) is 10.5. The molecule has 0 unspecified atom stereocenters. The Morgan fingerprint density at radius 3 is 2.63 bits per heavy atom. The van der Waals surface area contributed by atoms with Crippen LogP contribution in [-0.4, -0.2) is 29.0 Å². The van der Waals surface area contributed by atoms with E-state index in [1.165, 1.54) is 6.42 Å². The fraction of sp³-hybridized carbons (Fsp3) is 0.385. The van der Waals surface area contributed by atoms with Gasteiger partial charge in [0.25, 0.3) is 0 Å². The van der Waals surface area contributed by atoms with Crippen molar-refractivity contribution in [3.05, 3.63) is 28.8 Å². The number of nitrogens with zero attached hydrogens (tertiary/aromatic N) is 1. The molecule has 1 aromatic carbocycles. The number of halogens is 1. The lowest BCUT2D eigenvalue weighted by Crippen LogP contribution is -2.39. The predicted octanol–water partition coefficient (Wildman–Crippen LogP) is 2.99. The summed E-state index contributed by atoms with van der Waals surface area (Å²) in [6.07, 6.45) is 3.27. The fourth-order valence-electron chi connectivity index (χ4n) is 2.13. The largest absolute Gasteiger partial charge is 0.389 e. The van der Waals surface area contributed by atoms with E-state index in [4.69, 9.17) is 29.6 Å². The molecule has 1 saturated heterocycles. The number of carbonyl (C=O) groups excluding carboxylic acids is 1. The van der Waals surface area contributed by atoms with Crippen LogP contribution in [0.15, 0.2) is 18.2 Å². The van der Waals surface area contributed by atoms with E-state index in [1.807, 2.05) is 0 Å². The first-order valence-corrected chi connectivity index (χ1v) is 7.02. The van der Waals surface area contributed by atoms with E-state index in [-0.39, 0.29) is 11.0 Å². The first-order valence-electron chi connectivity index (χ1n) is 6.23. The Kier molecular flexibility index (Phi) is 4.61. The summed E-state index contributed by atoms with van der Waals surface area (Å²) in [5.74, 6) is 0. The molecule has 0 spiro atoms. The monoisotopic (exact) mass is 297 g/mol. The molecular weight excluding hydrogens is 282 g/mol. The molecule has 1 aliphatic rings. The minimum Gasteiger partial charge on any atom is -0.389 e. The van der Waals surface area contributed by atoms with Crippen molar-refractivity contribution >= 4 is 40.5 Å². The zero-order valence-corrected chi connectivity index (χ0v) is 12.1. The number of thiocarbonyl (C=S) groups is 1. The van der Waals surface area contributed by atoms with Crippen LogP contribution < -0.4 is 11.1 Å². The number of hydrogen-bond donors (Lipinski definition) is 2. The lowest BCUT2D eigenvalue weighted by Gasteiger charge is -2.27. The van der Waals surface area contributed by atoms with Crippen molar-refractivity contribution in [2.45, 2.75) is 19.3 Å². The van der Waals surface area contributed by atoms with Gasteiger partial charge in [-0.25, -0.2) is 4.79 Å². The number of rotatable bonds is 2. The maximum absolute atomic E-state index is 12.1. The molecule has 102 valence electrons. The van der Waals surface area contributed by atoms with Gasteiger partial charge < -0.3 is 16.0 Å². The summed E-state index contributed by atoms with van der Waals surface area (Å²) < 4.78 is 0. The number of piperidine rings is 1. The van der Waals surface area contributed by atoms with Gasteiger partial charge in [0.2, 0.25) is 0 Å². The summed E-state index contributed by atoms with van der Waals surface area (Å²) in [5, 5.41) is 3.37.